The summed E-state index contributed by atoms with van der Waals surface area (Å²) in [7, 11) is 0. The number of oxazole rings is 1. The zero-order valence-electron chi connectivity index (χ0n) is 11.4. The Morgan fingerprint density at radius 1 is 1.37 bits per heavy atom. The van der Waals surface area contributed by atoms with Crippen molar-refractivity contribution in [3.8, 4) is 0 Å². The van der Waals surface area contributed by atoms with Crippen LogP contribution in [0.15, 0.2) is 22.6 Å². The van der Waals surface area contributed by atoms with Crippen LogP contribution in [-0.4, -0.2) is 11.0 Å². The second kappa shape index (κ2) is 5.11. The summed E-state index contributed by atoms with van der Waals surface area (Å²) in [6, 6.07) is 6.69. The molecule has 0 aliphatic heterocycles. The highest BCUT2D eigenvalue weighted by molar-refractivity contribution is 5.78. The molecule has 1 fully saturated rings. The van der Waals surface area contributed by atoms with E-state index in [4.69, 9.17) is 10.2 Å². The summed E-state index contributed by atoms with van der Waals surface area (Å²) >= 11 is 0. The predicted molar refractivity (Wildman–Crippen MR) is 78.1 cm³/mol. The molecule has 0 amide bonds. The van der Waals surface area contributed by atoms with Gasteiger partial charge in [-0.05, 0) is 37.0 Å². The van der Waals surface area contributed by atoms with Crippen LogP contribution in [0.4, 0.5) is 11.7 Å². The monoisotopic (exact) mass is 259 g/mol. The smallest absolute Gasteiger partial charge is 0.295 e. The minimum atomic E-state index is 0.490. The minimum absolute atomic E-state index is 0.490. The van der Waals surface area contributed by atoms with Crippen LogP contribution in [0.25, 0.3) is 11.1 Å². The molecule has 2 aromatic rings. The summed E-state index contributed by atoms with van der Waals surface area (Å²) in [6.45, 7) is 2.26. The first kappa shape index (κ1) is 12.3. The molecule has 102 valence electrons. The number of benzene rings is 1. The molecule has 0 bridgehead atoms. The minimum Gasteiger partial charge on any atom is -0.424 e. The van der Waals surface area contributed by atoms with Crippen molar-refractivity contribution in [2.75, 3.05) is 11.1 Å². The maximum atomic E-state index is 5.76. The fourth-order valence-corrected chi connectivity index (χ4v) is 3.05. The maximum Gasteiger partial charge on any atom is 0.295 e. The van der Waals surface area contributed by atoms with Crippen molar-refractivity contribution in [2.45, 2.75) is 45.1 Å². The normalized spacial score (nSPS) is 23.6. The van der Waals surface area contributed by atoms with E-state index in [1.807, 2.05) is 18.2 Å². The number of nitrogens with zero attached hydrogens (tertiary/aromatic N) is 1. The second-order valence-corrected chi connectivity index (χ2v) is 5.45. The van der Waals surface area contributed by atoms with Gasteiger partial charge in [0.2, 0.25) is 0 Å². The number of nitrogen functional groups attached to an aromatic ring is 1. The molecule has 2 unspecified atom stereocenters. The third-order valence-electron chi connectivity index (χ3n) is 4.15. The number of nitrogens with two attached hydrogens (primary N) is 1. The topological polar surface area (TPSA) is 64.1 Å². The van der Waals surface area contributed by atoms with Gasteiger partial charge in [-0.2, -0.15) is 4.98 Å². The van der Waals surface area contributed by atoms with Crippen molar-refractivity contribution in [1.29, 1.82) is 0 Å². The summed E-state index contributed by atoms with van der Waals surface area (Å²) in [6.07, 6.45) is 6.37. The summed E-state index contributed by atoms with van der Waals surface area (Å²) < 4.78 is 5.74. The van der Waals surface area contributed by atoms with Crippen LogP contribution in [0.3, 0.4) is 0 Å². The van der Waals surface area contributed by atoms with E-state index in [1.54, 1.807) is 0 Å². The summed E-state index contributed by atoms with van der Waals surface area (Å²) in [5.74, 6) is 0.730. The highest BCUT2D eigenvalue weighted by Crippen LogP contribution is 2.30. The van der Waals surface area contributed by atoms with Gasteiger partial charge in [0.05, 0.1) is 0 Å². The summed E-state index contributed by atoms with van der Waals surface area (Å²) in [5, 5.41) is 3.47. The van der Waals surface area contributed by atoms with Gasteiger partial charge in [0.15, 0.2) is 5.58 Å². The van der Waals surface area contributed by atoms with Gasteiger partial charge in [-0.1, -0.05) is 26.2 Å². The van der Waals surface area contributed by atoms with E-state index in [1.165, 1.54) is 32.1 Å². The van der Waals surface area contributed by atoms with Gasteiger partial charge in [0.25, 0.3) is 6.01 Å². The quantitative estimate of drug-likeness (QED) is 0.823. The van der Waals surface area contributed by atoms with E-state index in [0.29, 0.717) is 12.1 Å². The average molecular weight is 259 g/mol. The van der Waals surface area contributed by atoms with Crippen LogP contribution in [0, 0.1) is 5.92 Å². The molecule has 3 rings (SSSR count). The Morgan fingerprint density at radius 2 is 2.21 bits per heavy atom. The second-order valence-electron chi connectivity index (χ2n) is 5.45. The van der Waals surface area contributed by atoms with Crippen LogP contribution >= 0.6 is 0 Å². The largest absolute Gasteiger partial charge is 0.424 e. The van der Waals surface area contributed by atoms with E-state index in [0.717, 1.165) is 22.7 Å². The van der Waals surface area contributed by atoms with Crippen LogP contribution in [0.5, 0.6) is 0 Å². The highest BCUT2D eigenvalue weighted by atomic mass is 16.4. The Balaban J connectivity index is 1.80. The third kappa shape index (κ3) is 2.53. The Labute approximate surface area is 113 Å². The molecule has 2 atom stereocenters. The van der Waals surface area contributed by atoms with Gasteiger partial charge in [0.1, 0.15) is 5.52 Å². The molecule has 4 heteroatoms. The fraction of sp³-hybridized carbons (Fsp3) is 0.533. The molecular formula is C15H21N3O. The molecule has 0 saturated heterocycles. The van der Waals surface area contributed by atoms with Gasteiger partial charge < -0.3 is 15.5 Å². The van der Waals surface area contributed by atoms with Crippen molar-refractivity contribution in [1.82, 2.24) is 4.98 Å². The van der Waals surface area contributed by atoms with E-state index < -0.39 is 0 Å². The summed E-state index contributed by atoms with van der Waals surface area (Å²) in [5.41, 5.74) is 8.10. The molecular weight excluding hydrogens is 238 g/mol. The van der Waals surface area contributed by atoms with E-state index in [9.17, 15) is 0 Å². The lowest BCUT2D eigenvalue weighted by Gasteiger charge is -2.30. The summed E-state index contributed by atoms with van der Waals surface area (Å²) in [4.78, 5) is 4.48. The van der Waals surface area contributed by atoms with Crippen molar-refractivity contribution in [2.24, 2.45) is 5.92 Å². The van der Waals surface area contributed by atoms with Crippen LogP contribution in [0.1, 0.15) is 39.0 Å². The van der Waals surface area contributed by atoms with E-state index in [-0.39, 0.29) is 0 Å². The number of rotatable bonds is 3. The SMILES string of the molecule is CCC1CCCCC1Nc1nc2cc(N)ccc2o1. The van der Waals surface area contributed by atoms with Gasteiger partial charge in [-0.15, -0.1) is 0 Å². The Morgan fingerprint density at radius 3 is 3.05 bits per heavy atom. The molecule has 0 radical (unpaired) electrons. The van der Waals surface area contributed by atoms with E-state index >= 15 is 0 Å². The lowest BCUT2D eigenvalue weighted by molar-refractivity contribution is 0.313. The van der Waals surface area contributed by atoms with Gasteiger partial charge in [0, 0.05) is 11.7 Å². The molecule has 1 saturated carbocycles. The zero-order chi connectivity index (χ0) is 13.2. The first-order valence-electron chi connectivity index (χ1n) is 7.19. The molecule has 3 N–H and O–H groups in total. The number of anilines is 2. The third-order valence-corrected chi connectivity index (χ3v) is 4.15. The number of fused-ring (bicyclic) bond motifs is 1. The first-order valence-corrected chi connectivity index (χ1v) is 7.19. The highest BCUT2D eigenvalue weighted by Gasteiger charge is 2.24. The van der Waals surface area contributed by atoms with Gasteiger partial charge >= 0.3 is 0 Å². The van der Waals surface area contributed by atoms with Crippen LogP contribution < -0.4 is 11.1 Å². The maximum absolute atomic E-state index is 5.76. The molecule has 1 aliphatic carbocycles. The Hall–Kier alpha value is -1.71. The van der Waals surface area contributed by atoms with Gasteiger partial charge in [-0.25, -0.2) is 0 Å². The molecule has 1 heterocycles. The molecule has 1 aliphatic rings. The molecule has 0 spiro atoms. The number of hydrogen-bond donors (Lipinski definition) is 2. The molecule has 19 heavy (non-hydrogen) atoms. The fourth-order valence-electron chi connectivity index (χ4n) is 3.05. The van der Waals surface area contributed by atoms with Crippen LogP contribution in [0.2, 0.25) is 0 Å². The Kier molecular flexibility index (Phi) is 3.32. The molecule has 1 aromatic carbocycles. The Bertz CT molecular complexity index is 564. The van der Waals surface area contributed by atoms with Gasteiger partial charge in [-0.3, -0.25) is 0 Å². The number of aromatic nitrogens is 1. The average Bonchev–Trinajstić information content (AvgIpc) is 2.80. The zero-order valence-corrected chi connectivity index (χ0v) is 11.4. The lowest BCUT2D eigenvalue weighted by atomic mass is 9.83. The van der Waals surface area contributed by atoms with Crippen molar-refractivity contribution >= 4 is 22.8 Å². The van der Waals surface area contributed by atoms with Crippen molar-refractivity contribution in [3.05, 3.63) is 18.2 Å². The molecule has 4 nitrogen and oxygen atoms in total. The van der Waals surface area contributed by atoms with E-state index in [2.05, 4.69) is 17.2 Å². The molecule has 1 aromatic heterocycles. The van der Waals surface area contributed by atoms with Crippen LogP contribution in [-0.2, 0) is 0 Å². The van der Waals surface area contributed by atoms with Crippen molar-refractivity contribution in [3.63, 3.8) is 0 Å². The number of nitrogens with one attached hydrogen (secondary N) is 1. The number of hydrogen-bond acceptors (Lipinski definition) is 4. The first-order chi connectivity index (χ1) is 9.26. The van der Waals surface area contributed by atoms with Crippen molar-refractivity contribution < 1.29 is 4.42 Å². The standard InChI is InChI=1S/C15H21N3O/c1-2-10-5-3-4-6-12(10)17-15-18-13-9-11(16)7-8-14(13)19-15/h7-10,12H,2-6,16H2,1H3,(H,17,18). The predicted octanol–water partition coefficient (Wildman–Crippen LogP) is 3.79. The lowest BCUT2D eigenvalue weighted by Crippen LogP contribution is -2.31.